The van der Waals surface area contributed by atoms with Gasteiger partial charge in [-0.2, -0.15) is 0 Å². The van der Waals surface area contributed by atoms with Gasteiger partial charge < -0.3 is 21.3 Å². The molecule has 0 radical (unpaired) electrons. The van der Waals surface area contributed by atoms with Crippen LogP contribution in [-0.4, -0.2) is 47.7 Å². The van der Waals surface area contributed by atoms with Gasteiger partial charge in [0.25, 0.3) is 0 Å². The first-order valence-corrected chi connectivity index (χ1v) is 14.5. The summed E-state index contributed by atoms with van der Waals surface area (Å²) in [6.07, 6.45) is 14.3. The lowest BCUT2D eigenvalue weighted by molar-refractivity contribution is -0.127. The minimum atomic E-state index is -0.211. The van der Waals surface area contributed by atoms with Crippen molar-refractivity contribution in [2.45, 2.75) is 116 Å². The largest absolute Gasteiger partial charge is 0.677 e. The minimum absolute atomic E-state index is 0.00790. The first-order valence-electron chi connectivity index (χ1n) is 14.5. The topological polar surface area (TPSA) is 110 Å². The molecule has 0 aromatic heterocycles. The van der Waals surface area contributed by atoms with E-state index in [-0.39, 0.29) is 29.4 Å². The monoisotopic (exact) mass is 491 g/mol. The van der Waals surface area contributed by atoms with Crippen molar-refractivity contribution in [3.05, 3.63) is 5.73 Å². The molecule has 3 fully saturated rings. The third kappa shape index (κ3) is 6.87. The normalized spacial score (nSPS) is 33.3. The molecule has 6 heteroatoms. The number of rotatable bonds is 13. The van der Waals surface area contributed by atoms with Gasteiger partial charge in [0.1, 0.15) is 5.78 Å². The molecular formula is C29H51N2O4-. The third-order valence-electron chi connectivity index (χ3n) is 10.3. The van der Waals surface area contributed by atoms with Crippen LogP contribution in [0.2, 0.25) is 0 Å². The van der Waals surface area contributed by atoms with Crippen LogP contribution in [0.5, 0.6) is 0 Å². The highest BCUT2D eigenvalue weighted by Crippen LogP contribution is 2.63. The summed E-state index contributed by atoms with van der Waals surface area (Å²) in [5, 5.41) is 22.4. The number of fused-ring (bicyclic) bond motifs is 1. The molecule has 0 heterocycles. The number of amides is 1. The second-order valence-electron chi connectivity index (χ2n) is 12.5. The first-order chi connectivity index (χ1) is 16.7. The molecule has 0 saturated heterocycles. The standard InChI is InChI=1S/C29H51N2O4/c1-28(15-12-22(33)13-16-28)23-14-17-29(2)24(10-11-25(29)34)27(23)21(20-30)8-6-4-3-5-7-9-26(35)31-18-19-32/h21,23-25,27,30,32,34H,3-20H2,1-2H3,(H,31,35)/q-1/t21-,23?,24?,25+,27?,29?/m1/s1. The second kappa shape index (κ2) is 13.0. The highest BCUT2D eigenvalue weighted by atomic mass is 16.3. The number of unbranched alkanes of at least 4 members (excludes halogenated alkanes) is 4. The molecule has 202 valence electrons. The zero-order valence-electron chi connectivity index (χ0n) is 22.3. The molecular weight excluding hydrogens is 440 g/mol. The molecule has 4 unspecified atom stereocenters. The smallest absolute Gasteiger partial charge is 0.220 e. The predicted molar refractivity (Wildman–Crippen MR) is 140 cm³/mol. The van der Waals surface area contributed by atoms with Gasteiger partial charge in [0, 0.05) is 25.8 Å². The quantitative estimate of drug-likeness (QED) is 0.298. The van der Waals surface area contributed by atoms with Crippen molar-refractivity contribution in [2.75, 3.05) is 19.7 Å². The van der Waals surface area contributed by atoms with E-state index in [1.807, 2.05) is 0 Å². The van der Waals surface area contributed by atoms with E-state index in [2.05, 4.69) is 19.2 Å². The molecule has 0 aliphatic heterocycles. The Balaban J connectivity index is 1.57. The average Bonchev–Trinajstić information content (AvgIpc) is 3.15. The summed E-state index contributed by atoms with van der Waals surface area (Å²) in [7, 11) is 0. The molecule has 3 aliphatic rings. The number of carbonyl (C=O) groups is 2. The van der Waals surface area contributed by atoms with Crippen LogP contribution in [0.1, 0.15) is 110 Å². The van der Waals surface area contributed by atoms with Gasteiger partial charge in [0.2, 0.25) is 5.91 Å². The van der Waals surface area contributed by atoms with Crippen molar-refractivity contribution >= 4 is 11.7 Å². The van der Waals surface area contributed by atoms with E-state index in [4.69, 9.17) is 10.8 Å². The minimum Gasteiger partial charge on any atom is -0.677 e. The van der Waals surface area contributed by atoms with Crippen molar-refractivity contribution in [3.63, 3.8) is 0 Å². The van der Waals surface area contributed by atoms with Crippen molar-refractivity contribution in [1.82, 2.24) is 5.32 Å². The van der Waals surface area contributed by atoms with Crippen LogP contribution in [0.25, 0.3) is 5.73 Å². The molecule has 0 bridgehead atoms. The lowest BCUT2D eigenvalue weighted by Gasteiger charge is -2.57. The Kier molecular flexibility index (Phi) is 10.6. The zero-order chi connectivity index (χ0) is 25.5. The number of aliphatic hydroxyl groups is 2. The number of Topliss-reactive ketones (excluding diaryl/α,β-unsaturated/α-hetero) is 1. The summed E-state index contributed by atoms with van der Waals surface area (Å²) in [5.74, 6) is 2.35. The molecule has 35 heavy (non-hydrogen) atoms. The van der Waals surface area contributed by atoms with Crippen LogP contribution < -0.4 is 5.32 Å². The third-order valence-corrected chi connectivity index (χ3v) is 10.3. The fourth-order valence-corrected chi connectivity index (χ4v) is 8.05. The molecule has 6 nitrogen and oxygen atoms in total. The van der Waals surface area contributed by atoms with Crippen molar-refractivity contribution in [3.8, 4) is 0 Å². The van der Waals surface area contributed by atoms with Gasteiger partial charge in [0.15, 0.2) is 0 Å². The van der Waals surface area contributed by atoms with E-state index < -0.39 is 0 Å². The SMILES string of the molecule is CC1(C2CCC3(C)C(CC[C@@H]3O)C2[C@@H](C[NH-])CCCCCCCC(=O)NCCO)CCC(=O)CC1. The van der Waals surface area contributed by atoms with Crippen molar-refractivity contribution in [2.24, 2.45) is 34.5 Å². The Morgan fingerprint density at radius 1 is 1.03 bits per heavy atom. The molecule has 4 N–H and O–H groups in total. The highest BCUT2D eigenvalue weighted by Gasteiger charge is 2.57. The summed E-state index contributed by atoms with van der Waals surface area (Å²) >= 11 is 0. The van der Waals surface area contributed by atoms with Crippen LogP contribution in [0.15, 0.2) is 0 Å². The molecule has 6 atom stereocenters. The number of hydrogen-bond acceptors (Lipinski definition) is 4. The summed E-state index contributed by atoms with van der Waals surface area (Å²) in [6, 6.07) is 0. The lowest BCUT2D eigenvalue weighted by Crippen LogP contribution is -2.51. The van der Waals surface area contributed by atoms with E-state index in [1.54, 1.807) is 0 Å². The van der Waals surface area contributed by atoms with Gasteiger partial charge in [-0.25, -0.2) is 0 Å². The van der Waals surface area contributed by atoms with Crippen LogP contribution in [0.4, 0.5) is 0 Å². The maximum Gasteiger partial charge on any atom is 0.220 e. The van der Waals surface area contributed by atoms with Crippen molar-refractivity contribution < 1.29 is 19.8 Å². The molecule has 0 spiro atoms. The first kappa shape index (κ1) is 28.6. The summed E-state index contributed by atoms with van der Waals surface area (Å²) in [5.41, 5.74) is 8.72. The molecule has 1 amide bonds. The molecule has 3 saturated carbocycles. The van der Waals surface area contributed by atoms with Crippen LogP contribution in [0, 0.1) is 34.5 Å². The number of aliphatic hydroxyl groups excluding tert-OH is 2. The molecule has 0 aromatic rings. The maximum atomic E-state index is 12.0. The van der Waals surface area contributed by atoms with Gasteiger partial charge in [-0.3, -0.25) is 9.59 Å². The number of hydrogen-bond donors (Lipinski definition) is 3. The van der Waals surface area contributed by atoms with Gasteiger partial charge >= 0.3 is 0 Å². The fourth-order valence-electron chi connectivity index (χ4n) is 8.05. The number of ketones is 1. The van der Waals surface area contributed by atoms with Gasteiger partial charge in [-0.1, -0.05) is 51.9 Å². The Labute approximate surface area is 213 Å². The van der Waals surface area contributed by atoms with E-state index in [0.29, 0.717) is 61.8 Å². The van der Waals surface area contributed by atoms with Crippen LogP contribution in [-0.2, 0) is 9.59 Å². The van der Waals surface area contributed by atoms with Gasteiger partial charge in [-0.15, -0.1) is 6.54 Å². The molecule has 0 aromatic carbocycles. The number of carbonyl (C=O) groups excluding carboxylic acids is 2. The average molecular weight is 492 g/mol. The van der Waals surface area contributed by atoms with E-state index in [0.717, 1.165) is 77.0 Å². The summed E-state index contributed by atoms with van der Waals surface area (Å²) in [6.45, 7) is 5.51. The summed E-state index contributed by atoms with van der Waals surface area (Å²) in [4.78, 5) is 23.7. The number of nitrogens with one attached hydrogen (secondary N) is 2. The Bertz CT molecular complexity index is 688. The van der Waals surface area contributed by atoms with E-state index in [9.17, 15) is 14.7 Å². The Hall–Kier alpha value is -0.980. The second-order valence-corrected chi connectivity index (χ2v) is 12.5. The Morgan fingerprint density at radius 2 is 1.71 bits per heavy atom. The molecule has 3 rings (SSSR count). The fraction of sp³-hybridized carbons (Fsp3) is 0.931. The predicted octanol–water partition coefficient (Wildman–Crippen LogP) is 5.45. The zero-order valence-corrected chi connectivity index (χ0v) is 22.3. The van der Waals surface area contributed by atoms with Gasteiger partial charge in [0.05, 0.1) is 12.7 Å². The summed E-state index contributed by atoms with van der Waals surface area (Å²) < 4.78 is 0. The lowest BCUT2D eigenvalue weighted by atomic mass is 9.49. The highest BCUT2D eigenvalue weighted by molar-refractivity contribution is 5.79. The van der Waals surface area contributed by atoms with E-state index >= 15 is 0 Å². The maximum absolute atomic E-state index is 12.0. The van der Waals surface area contributed by atoms with E-state index in [1.165, 1.54) is 0 Å². The van der Waals surface area contributed by atoms with Crippen LogP contribution >= 0.6 is 0 Å². The van der Waals surface area contributed by atoms with Crippen LogP contribution in [0.3, 0.4) is 0 Å². The van der Waals surface area contributed by atoms with Crippen molar-refractivity contribution in [1.29, 1.82) is 0 Å². The Morgan fingerprint density at radius 3 is 2.40 bits per heavy atom. The molecule has 3 aliphatic carbocycles. The van der Waals surface area contributed by atoms with Gasteiger partial charge in [-0.05, 0) is 73.5 Å².